The molecule has 1 aliphatic heterocycles. The minimum Gasteiger partial charge on any atom is -0.466 e. The predicted octanol–water partition coefficient (Wildman–Crippen LogP) is 2.14. The van der Waals surface area contributed by atoms with Crippen LogP contribution in [0.5, 0.6) is 0 Å². The third-order valence-corrected chi connectivity index (χ3v) is 5.81. The molecule has 0 radical (unpaired) electrons. The van der Waals surface area contributed by atoms with Crippen LogP contribution in [-0.2, 0) is 14.3 Å². The lowest BCUT2D eigenvalue weighted by Crippen LogP contribution is -3.17. The summed E-state index contributed by atoms with van der Waals surface area (Å²) in [5, 5.41) is 3.25. The van der Waals surface area contributed by atoms with E-state index >= 15 is 0 Å². The number of likely N-dealkylation sites (tertiary alicyclic amines) is 1. The second kappa shape index (κ2) is 10.2. The number of carbonyl (C=O) groups excluding carboxylic acids is 2. The van der Waals surface area contributed by atoms with Crippen LogP contribution >= 0.6 is 0 Å². The van der Waals surface area contributed by atoms with Gasteiger partial charge in [-0.05, 0) is 25.0 Å². The zero-order chi connectivity index (χ0) is 20.6. The van der Waals surface area contributed by atoms with Gasteiger partial charge in [0, 0.05) is 12.8 Å². The Morgan fingerprint density at radius 3 is 2.00 bits per heavy atom. The van der Waals surface area contributed by atoms with Crippen molar-refractivity contribution >= 4 is 11.9 Å². The van der Waals surface area contributed by atoms with Crippen molar-refractivity contribution in [1.29, 1.82) is 0 Å². The summed E-state index contributed by atoms with van der Waals surface area (Å²) in [6.45, 7) is 5.84. The molecule has 1 amide bonds. The first kappa shape index (κ1) is 21.1. The summed E-state index contributed by atoms with van der Waals surface area (Å²) in [6.07, 6.45) is 1.54. The van der Waals surface area contributed by atoms with Gasteiger partial charge in [0.1, 0.15) is 0 Å². The lowest BCUT2D eigenvalue weighted by molar-refractivity contribution is -0.919. The Balaban J connectivity index is 1.65. The highest BCUT2D eigenvalue weighted by molar-refractivity contribution is 5.81. The predicted molar refractivity (Wildman–Crippen MR) is 112 cm³/mol. The number of nitrogens with one attached hydrogen (secondary N) is 2. The Morgan fingerprint density at radius 2 is 1.52 bits per heavy atom. The first-order valence-corrected chi connectivity index (χ1v) is 10.5. The van der Waals surface area contributed by atoms with Crippen molar-refractivity contribution in [1.82, 2.24) is 5.32 Å². The van der Waals surface area contributed by atoms with Crippen molar-refractivity contribution in [2.24, 2.45) is 5.92 Å². The van der Waals surface area contributed by atoms with Crippen molar-refractivity contribution in [3.8, 4) is 0 Å². The largest absolute Gasteiger partial charge is 0.466 e. The molecule has 0 spiro atoms. The van der Waals surface area contributed by atoms with Crippen LogP contribution in [0.2, 0.25) is 0 Å². The van der Waals surface area contributed by atoms with Gasteiger partial charge in [0.15, 0.2) is 6.04 Å². The van der Waals surface area contributed by atoms with Gasteiger partial charge in [0.05, 0.1) is 31.7 Å². The second-order valence-corrected chi connectivity index (χ2v) is 7.67. The van der Waals surface area contributed by atoms with Crippen molar-refractivity contribution in [2.75, 3.05) is 19.7 Å². The molecule has 2 N–H and O–H groups in total. The van der Waals surface area contributed by atoms with E-state index in [4.69, 9.17) is 4.74 Å². The van der Waals surface area contributed by atoms with E-state index in [1.165, 1.54) is 4.90 Å². The Labute approximate surface area is 173 Å². The number of carbonyl (C=O) groups is 2. The van der Waals surface area contributed by atoms with Gasteiger partial charge in [-0.25, -0.2) is 0 Å². The molecule has 0 saturated carbocycles. The van der Waals surface area contributed by atoms with Crippen LogP contribution < -0.4 is 10.2 Å². The molecule has 3 rings (SSSR count). The van der Waals surface area contributed by atoms with E-state index in [9.17, 15) is 9.59 Å². The topological polar surface area (TPSA) is 59.8 Å². The van der Waals surface area contributed by atoms with E-state index < -0.39 is 0 Å². The highest BCUT2D eigenvalue weighted by Crippen LogP contribution is 2.21. The van der Waals surface area contributed by atoms with E-state index in [-0.39, 0.29) is 29.9 Å². The molecule has 0 aliphatic carbocycles. The SMILES string of the molecule is CCOC(=O)C1CC[NH+]([C@H](C)C(=O)NC(c2ccccc2)c2ccccc2)CC1. The number of hydrogen-bond acceptors (Lipinski definition) is 3. The Morgan fingerprint density at radius 1 is 1.00 bits per heavy atom. The molecule has 2 aromatic rings. The number of piperidine rings is 1. The van der Waals surface area contributed by atoms with Crippen molar-refractivity contribution in [3.05, 3.63) is 71.8 Å². The third-order valence-electron chi connectivity index (χ3n) is 5.81. The van der Waals surface area contributed by atoms with Crippen molar-refractivity contribution < 1.29 is 19.2 Å². The van der Waals surface area contributed by atoms with E-state index in [1.54, 1.807) is 0 Å². The zero-order valence-corrected chi connectivity index (χ0v) is 17.3. The molecular formula is C24H31N2O3+. The van der Waals surface area contributed by atoms with Crippen LogP contribution in [0, 0.1) is 5.92 Å². The minimum absolute atomic E-state index is 0.0321. The maximum absolute atomic E-state index is 13.1. The number of ether oxygens (including phenoxy) is 1. The lowest BCUT2D eigenvalue weighted by atomic mass is 9.95. The minimum atomic E-state index is -0.177. The Bertz CT molecular complexity index is 747. The van der Waals surface area contributed by atoms with Gasteiger partial charge in [-0.1, -0.05) is 60.7 Å². The molecule has 5 nitrogen and oxygen atoms in total. The summed E-state index contributed by atoms with van der Waals surface area (Å²) < 4.78 is 5.15. The molecule has 0 unspecified atom stereocenters. The number of quaternary nitrogens is 1. The third kappa shape index (κ3) is 5.45. The molecule has 0 aromatic heterocycles. The summed E-state index contributed by atoms with van der Waals surface area (Å²) in [5.74, 6) is -0.0977. The summed E-state index contributed by atoms with van der Waals surface area (Å²) >= 11 is 0. The summed E-state index contributed by atoms with van der Waals surface area (Å²) in [4.78, 5) is 26.3. The fourth-order valence-electron chi connectivity index (χ4n) is 4.02. The molecular weight excluding hydrogens is 364 g/mol. The van der Waals surface area contributed by atoms with Gasteiger partial charge in [-0.3, -0.25) is 9.59 Å². The maximum atomic E-state index is 13.1. The quantitative estimate of drug-likeness (QED) is 0.706. The molecule has 1 saturated heterocycles. The van der Waals surface area contributed by atoms with Gasteiger partial charge >= 0.3 is 5.97 Å². The Kier molecular flexibility index (Phi) is 7.42. The second-order valence-electron chi connectivity index (χ2n) is 7.67. The average Bonchev–Trinajstić information content (AvgIpc) is 2.78. The molecule has 1 fully saturated rings. The lowest BCUT2D eigenvalue weighted by Gasteiger charge is -2.32. The molecule has 29 heavy (non-hydrogen) atoms. The van der Waals surface area contributed by atoms with Gasteiger partial charge in [0.2, 0.25) is 0 Å². The number of rotatable bonds is 7. The number of amides is 1. The fourth-order valence-corrected chi connectivity index (χ4v) is 4.02. The summed E-state index contributed by atoms with van der Waals surface area (Å²) in [6, 6.07) is 19.7. The van der Waals surface area contributed by atoms with Gasteiger partial charge in [-0.15, -0.1) is 0 Å². The van der Waals surface area contributed by atoms with Gasteiger partial charge < -0.3 is 15.0 Å². The van der Waals surface area contributed by atoms with Gasteiger partial charge in [0.25, 0.3) is 5.91 Å². The number of hydrogen-bond donors (Lipinski definition) is 2. The first-order chi connectivity index (χ1) is 14.1. The molecule has 5 heteroatoms. The average molecular weight is 396 g/mol. The fraction of sp³-hybridized carbons (Fsp3) is 0.417. The monoisotopic (exact) mass is 395 g/mol. The van der Waals surface area contributed by atoms with Crippen LogP contribution in [0.1, 0.15) is 43.9 Å². The summed E-state index contributed by atoms with van der Waals surface area (Å²) in [5.41, 5.74) is 2.13. The maximum Gasteiger partial charge on any atom is 0.309 e. The zero-order valence-electron chi connectivity index (χ0n) is 17.3. The van der Waals surface area contributed by atoms with E-state index in [2.05, 4.69) is 5.32 Å². The normalized spacial score (nSPS) is 20.1. The number of benzene rings is 2. The molecule has 2 aromatic carbocycles. The first-order valence-electron chi connectivity index (χ1n) is 10.5. The molecule has 154 valence electrons. The van der Waals surface area contributed by atoms with Crippen molar-refractivity contribution in [3.63, 3.8) is 0 Å². The molecule has 1 heterocycles. The van der Waals surface area contributed by atoms with Crippen LogP contribution in [0.25, 0.3) is 0 Å². The van der Waals surface area contributed by atoms with Crippen LogP contribution in [0.4, 0.5) is 0 Å². The summed E-state index contributed by atoms with van der Waals surface area (Å²) in [7, 11) is 0. The van der Waals surface area contributed by atoms with Crippen LogP contribution in [-0.4, -0.2) is 37.6 Å². The Hall–Kier alpha value is -2.66. The van der Waals surface area contributed by atoms with E-state index in [1.807, 2.05) is 74.5 Å². The molecule has 1 atom stereocenters. The highest BCUT2D eigenvalue weighted by Gasteiger charge is 2.34. The standard InChI is InChI=1S/C24H30N2O3/c1-3-29-24(28)21-14-16-26(17-15-21)18(2)23(27)25-22(19-10-6-4-7-11-19)20-12-8-5-9-13-20/h4-13,18,21-22H,3,14-17H2,1-2H3,(H,25,27)/p+1/t18-/m1/s1. The molecule has 0 bridgehead atoms. The van der Waals surface area contributed by atoms with Crippen molar-refractivity contribution in [2.45, 2.75) is 38.8 Å². The number of esters is 1. The highest BCUT2D eigenvalue weighted by atomic mass is 16.5. The van der Waals surface area contributed by atoms with Crippen LogP contribution in [0.15, 0.2) is 60.7 Å². The van der Waals surface area contributed by atoms with Gasteiger partial charge in [-0.2, -0.15) is 0 Å². The van der Waals surface area contributed by atoms with E-state index in [0.717, 1.165) is 37.1 Å². The van der Waals surface area contributed by atoms with Crippen LogP contribution in [0.3, 0.4) is 0 Å². The van der Waals surface area contributed by atoms with E-state index in [0.29, 0.717) is 6.61 Å². The smallest absolute Gasteiger partial charge is 0.309 e. The molecule has 1 aliphatic rings.